The van der Waals surface area contributed by atoms with Crippen molar-refractivity contribution in [3.05, 3.63) is 41.5 Å². The Morgan fingerprint density at radius 3 is 2.56 bits per heavy atom. The van der Waals surface area contributed by atoms with Gasteiger partial charge in [-0.15, -0.1) is 0 Å². The third-order valence-corrected chi connectivity index (χ3v) is 2.85. The highest BCUT2D eigenvalue weighted by Crippen LogP contribution is 2.24. The lowest BCUT2D eigenvalue weighted by Gasteiger charge is -2.18. The number of hydrogen-bond donors (Lipinski definition) is 0. The SMILES string of the molecule is COC(=O)C1=C(C)CN(c2ccccc2)C1. The van der Waals surface area contributed by atoms with E-state index < -0.39 is 0 Å². The summed E-state index contributed by atoms with van der Waals surface area (Å²) in [5, 5.41) is 0. The van der Waals surface area contributed by atoms with Crippen molar-refractivity contribution >= 4 is 11.7 Å². The van der Waals surface area contributed by atoms with Crippen molar-refractivity contribution in [2.75, 3.05) is 25.1 Å². The summed E-state index contributed by atoms with van der Waals surface area (Å²) in [4.78, 5) is 13.7. The zero-order valence-corrected chi connectivity index (χ0v) is 9.56. The quantitative estimate of drug-likeness (QED) is 0.709. The number of hydrogen-bond acceptors (Lipinski definition) is 3. The van der Waals surface area contributed by atoms with Gasteiger partial charge in [-0.1, -0.05) is 18.2 Å². The first kappa shape index (κ1) is 10.7. The number of methoxy groups -OCH3 is 1. The first-order valence-corrected chi connectivity index (χ1v) is 5.29. The third kappa shape index (κ3) is 1.94. The maximum atomic E-state index is 11.5. The van der Waals surface area contributed by atoms with Crippen molar-refractivity contribution in [3.63, 3.8) is 0 Å². The number of benzene rings is 1. The summed E-state index contributed by atoms with van der Waals surface area (Å²) in [6.07, 6.45) is 0. The molecule has 3 nitrogen and oxygen atoms in total. The number of carbonyl (C=O) groups excluding carboxylic acids is 1. The van der Waals surface area contributed by atoms with E-state index in [9.17, 15) is 4.79 Å². The van der Waals surface area contributed by atoms with Crippen LogP contribution < -0.4 is 4.90 Å². The summed E-state index contributed by atoms with van der Waals surface area (Å²) >= 11 is 0. The number of esters is 1. The average molecular weight is 217 g/mol. The fourth-order valence-corrected chi connectivity index (χ4v) is 1.95. The molecule has 16 heavy (non-hydrogen) atoms. The van der Waals surface area contributed by atoms with Crippen molar-refractivity contribution in [2.45, 2.75) is 6.92 Å². The highest BCUT2D eigenvalue weighted by Gasteiger charge is 2.24. The highest BCUT2D eigenvalue weighted by atomic mass is 16.5. The van der Waals surface area contributed by atoms with Crippen LogP contribution in [-0.4, -0.2) is 26.2 Å². The van der Waals surface area contributed by atoms with Crippen molar-refractivity contribution in [1.29, 1.82) is 0 Å². The molecule has 0 amide bonds. The minimum atomic E-state index is -0.212. The van der Waals surface area contributed by atoms with Gasteiger partial charge in [0.1, 0.15) is 0 Å². The number of anilines is 1. The standard InChI is InChI=1S/C13H15NO2/c1-10-8-14(9-12(10)13(15)16-2)11-6-4-3-5-7-11/h3-7H,8-9H2,1-2H3. The molecule has 0 aromatic heterocycles. The van der Waals surface area contributed by atoms with Crippen LogP contribution in [0.15, 0.2) is 41.5 Å². The van der Waals surface area contributed by atoms with Crippen LogP contribution in [-0.2, 0) is 9.53 Å². The number of carbonyl (C=O) groups is 1. The predicted molar refractivity (Wildman–Crippen MR) is 63.4 cm³/mol. The second-order valence-corrected chi connectivity index (χ2v) is 3.94. The molecular formula is C13H15NO2. The van der Waals surface area contributed by atoms with Crippen LogP contribution in [0.25, 0.3) is 0 Å². The van der Waals surface area contributed by atoms with Gasteiger partial charge in [-0.2, -0.15) is 0 Å². The molecular weight excluding hydrogens is 202 g/mol. The lowest BCUT2D eigenvalue weighted by atomic mass is 10.2. The van der Waals surface area contributed by atoms with Crippen LogP contribution in [0.2, 0.25) is 0 Å². The van der Waals surface area contributed by atoms with Crippen molar-refractivity contribution < 1.29 is 9.53 Å². The van der Waals surface area contributed by atoms with Crippen LogP contribution >= 0.6 is 0 Å². The average Bonchev–Trinajstić information content (AvgIpc) is 2.71. The molecule has 0 N–H and O–H groups in total. The van der Waals surface area contributed by atoms with Gasteiger partial charge in [-0.05, 0) is 24.6 Å². The number of para-hydroxylation sites is 1. The Bertz CT molecular complexity index is 423. The van der Waals surface area contributed by atoms with E-state index in [0.717, 1.165) is 23.4 Å². The molecule has 2 rings (SSSR count). The normalized spacial score (nSPS) is 15.5. The molecule has 0 unspecified atom stereocenters. The van der Waals surface area contributed by atoms with Gasteiger partial charge in [0.25, 0.3) is 0 Å². The van der Waals surface area contributed by atoms with E-state index in [0.29, 0.717) is 6.54 Å². The Kier molecular flexibility index (Phi) is 2.95. The van der Waals surface area contributed by atoms with Crippen molar-refractivity contribution in [1.82, 2.24) is 0 Å². The maximum Gasteiger partial charge on any atom is 0.335 e. The van der Waals surface area contributed by atoms with Crippen LogP contribution in [0.3, 0.4) is 0 Å². The molecule has 1 aromatic rings. The van der Waals surface area contributed by atoms with Crippen molar-refractivity contribution in [2.24, 2.45) is 0 Å². The summed E-state index contributed by atoms with van der Waals surface area (Å²) < 4.78 is 4.77. The summed E-state index contributed by atoms with van der Waals surface area (Å²) in [6, 6.07) is 10.1. The van der Waals surface area contributed by atoms with Crippen LogP contribution in [0.5, 0.6) is 0 Å². The Morgan fingerprint density at radius 1 is 1.25 bits per heavy atom. The van der Waals surface area contributed by atoms with Gasteiger partial charge < -0.3 is 9.64 Å². The van der Waals surface area contributed by atoms with E-state index in [1.165, 1.54) is 7.11 Å². The van der Waals surface area contributed by atoms with Gasteiger partial charge in [0.2, 0.25) is 0 Å². The van der Waals surface area contributed by atoms with E-state index in [1.54, 1.807) is 0 Å². The van der Waals surface area contributed by atoms with Gasteiger partial charge >= 0.3 is 5.97 Å². The zero-order valence-electron chi connectivity index (χ0n) is 9.56. The van der Waals surface area contributed by atoms with Gasteiger partial charge in [-0.25, -0.2) is 4.79 Å². The molecule has 0 radical (unpaired) electrons. The largest absolute Gasteiger partial charge is 0.466 e. The zero-order chi connectivity index (χ0) is 11.5. The van der Waals surface area contributed by atoms with Gasteiger partial charge in [0, 0.05) is 12.2 Å². The van der Waals surface area contributed by atoms with Crippen molar-refractivity contribution in [3.8, 4) is 0 Å². The first-order valence-electron chi connectivity index (χ1n) is 5.29. The molecule has 1 aliphatic rings. The Morgan fingerprint density at radius 2 is 1.94 bits per heavy atom. The first-order chi connectivity index (χ1) is 7.72. The Hall–Kier alpha value is -1.77. The second-order valence-electron chi connectivity index (χ2n) is 3.94. The second kappa shape index (κ2) is 4.39. The molecule has 0 fully saturated rings. The molecule has 0 aliphatic carbocycles. The molecule has 1 aromatic carbocycles. The number of nitrogens with zero attached hydrogens (tertiary/aromatic N) is 1. The minimum absolute atomic E-state index is 0.212. The lowest BCUT2D eigenvalue weighted by Crippen LogP contribution is -2.21. The molecule has 84 valence electrons. The monoisotopic (exact) mass is 217 g/mol. The lowest BCUT2D eigenvalue weighted by molar-refractivity contribution is -0.136. The van der Waals surface area contributed by atoms with E-state index in [1.807, 2.05) is 37.3 Å². The maximum absolute atomic E-state index is 11.5. The van der Waals surface area contributed by atoms with Gasteiger partial charge in [0.15, 0.2) is 0 Å². The highest BCUT2D eigenvalue weighted by molar-refractivity contribution is 5.91. The van der Waals surface area contributed by atoms with E-state index in [2.05, 4.69) is 4.90 Å². The summed E-state index contributed by atoms with van der Waals surface area (Å²) in [5.74, 6) is -0.212. The van der Waals surface area contributed by atoms with Gasteiger partial charge in [-0.3, -0.25) is 0 Å². The van der Waals surface area contributed by atoms with E-state index in [4.69, 9.17) is 4.74 Å². The van der Waals surface area contributed by atoms with Crippen LogP contribution in [0.4, 0.5) is 5.69 Å². The Labute approximate surface area is 95.3 Å². The summed E-state index contributed by atoms with van der Waals surface area (Å²) in [7, 11) is 1.42. The molecule has 0 atom stereocenters. The molecule has 0 saturated carbocycles. The van der Waals surface area contributed by atoms with Crippen LogP contribution in [0.1, 0.15) is 6.92 Å². The fourth-order valence-electron chi connectivity index (χ4n) is 1.95. The van der Waals surface area contributed by atoms with Crippen LogP contribution in [0, 0.1) is 0 Å². The number of rotatable bonds is 2. The molecule has 0 spiro atoms. The summed E-state index contributed by atoms with van der Waals surface area (Å²) in [6.45, 7) is 3.42. The molecule has 0 bridgehead atoms. The van der Waals surface area contributed by atoms with E-state index in [-0.39, 0.29) is 5.97 Å². The number of ether oxygens (including phenoxy) is 1. The summed E-state index contributed by atoms with van der Waals surface area (Å²) in [5.41, 5.74) is 3.02. The fraction of sp³-hybridized carbons (Fsp3) is 0.308. The van der Waals surface area contributed by atoms with Gasteiger partial charge in [0.05, 0.1) is 19.2 Å². The molecule has 3 heteroatoms. The third-order valence-electron chi connectivity index (χ3n) is 2.85. The molecule has 1 heterocycles. The molecule has 1 aliphatic heterocycles. The smallest absolute Gasteiger partial charge is 0.335 e. The molecule has 0 saturated heterocycles. The minimum Gasteiger partial charge on any atom is -0.466 e. The van der Waals surface area contributed by atoms with E-state index >= 15 is 0 Å². The Balaban J connectivity index is 2.15. The topological polar surface area (TPSA) is 29.5 Å². The predicted octanol–water partition coefficient (Wildman–Crippen LogP) is 2.00.